The summed E-state index contributed by atoms with van der Waals surface area (Å²) in [7, 11) is 0. The Labute approximate surface area is 149 Å². The topological polar surface area (TPSA) is 37.4 Å². The molecule has 0 aromatic heterocycles. The minimum atomic E-state index is -0.256. The van der Waals surface area contributed by atoms with E-state index in [1.54, 1.807) is 6.08 Å². The molecule has 0 bridgehead atoms. The minimum absolute atomic E-state index is 0.235. The van der Waals surface area contributed by atoms with Gasteiger partial charge in [0.2, 0.25) is 5.91 Å². The largest absolute Gasteiger partial charge is 0.275 e. The van der Waals surface area contributed by atoms with Crippen molar-refractivity contribution in [3.05, 3.63) is 81.8 Å². The molecule has 3 rings (SSSR count). The Bertz CT molecular complexity index is 836. The van der Waals surface area contributed by atoms with E-state index in [-0.39, 0.29) is 11.8 Å². The first kappa shape index (κ1) is 16.4. The summed E-state index contributed by atoms with van der Waals surface area (Å²) < 4.78 is 0.993. The molecule has 0 radical (unpaired) electrons. The molecule has 120 valence electrons. The molecule has 2 aromatic carbocycles. The van der Waals surface area contributed by atoms with Crippen LogP contribution in [0.3, 0.4) is 0 Å². The molecule has 1 aliphatic heterocycles. The Balaban J connectivity index is 2.05. The van der Waals surface area contributed by atoms with E-state index in [4.69, 9.17) is 0 Å². The Kier molecular flexibility index (Phi) is 4.76. The smallest absolute Gasteiger partial charge is 0.253 e. The van der Waals surface area contributed by atoms with Crippen molar-refractivity contribution in [1.29, 1.82) is 0 Å². The van der Waals surface area contributed by atoms with Gasteiger partial charge < -0.3 is 0 Å². The number of imide groups is 1. The molecule has 24 heavy (non-hydrogen) atoms. The third-order valence-corrected chi connectivity index (χ3v) is 4.41. The molecule has 0 saturated heterocycles. The van der Waals surface area contributed by atoms with E-state index < -0.39 is 0 Å². The van der Waals surface area contributed by atoms with Crippen LogP contribution in [0.2, 0.25) is 0 Å². The number of benzene rings is 2. The maximum absolute atomic E-state index is 12.1. The fourth-order valence-electron chi connectivity index (χ4n) is 2.66. The molecule has 0 N–H and O–H groups in total. The van der Waals surface area contributed by atoms with Crippen LogP contribution in [0.4, 0.5) is 0 Å². The summed E-state index contributed by atoms with van der Waals surface area (Å²) in [5.74, 6) is -0.491. The van der Waals surface area contributed by atoms with E-state index >= 15 is 0 Å². The van der Waals surface area contributed by atoms with Gasteiger partial charge in [0.05, 0.1) is 6.54 Å². The second-order valence-corrected chi connectivity index (χ2v) is 6.50. The summed E-state index contributed by atoms with van der Waals surface area (Å²) in [4.78, 5) is 24.9. The van der Waals surface area contributed by atoms with E-state index in [1.165, 1.54) is 11.8 Å². The van der Waals surface area contributed by atoms with Crippen molar-refractivity contribution in [3.63, 3.8) is 0 Å². The molecule has 1 heterocycles. The van der Waals surface area contributed by atoms with E-state index in [2.05, 4.69) is 15.9 Å². The van der Waals surface area contributed by atoms with Gasteiger partial charge in [-0.2, -0.15) is 0 Å². The summed E-state index contributed by atoms with van der Waals surface area (Å²) in [6.07, 6.45) is 3.60. The van der Waals surface area contributed by atoms with E-state index in [0.717, 1.165) is 26.7 Å². The summed E-state index contributed by atoms with van der Waals surface area (Å²) >= 11 is 3.44. The van der Waals surface area contributed by atoms with Gasteiger partial charge in [0.1, 0.15) is 0 Å². The highest BCUT2D eigenvalue weighted by Gasteiger charge is 2.26. The zero-order valence-corrected chi connectivity index (χ0v) is 14.8. The van der Waals surface area contributed by atoms with Gasteiger partial charge >= 0.3 is 0 Å². The second-order valence-electron chi connectivity index (χ2n) is 5.59. The van der Waals surface area contributed by atoms with E-state index in [1.807, 2.05) is 60.7 Å². The fraction of sp³-hybridized carbons (Fsp3) is 0.100. The van der Waals surface area contributed by atoms with Gasteiger partial charge in [-0.1, -0.05) is 58.4 Å². The number of carbonyl (C=O) groups is 2. The van der Waals surface area contributed by atoms with Crippen molar-refractivity contribution in [2.45, 2.75) is 6.92 Å². The maximum atomic E-state index is 12.1. The number of rotatable bonds is 3. The highest BCUT2D eigenvalue weighted by molar-refractivity contribution is 9.10. The summed E-state index contributed by atoms with van der Waals surface area (Å²) in [6, 6.07) is 17.9. The monoisotopic (exact) mass is 381 g/mol. The number of halogens is 1. The molecule has 2 amide bonds. The second kappa shape index (κ2) is 6.97. The lowest BCUT2D eigenvalue weighted by Crippen LogP contribution is -2.30. The zero-order chi connectivity index (χ0) is 17.1. The predicted molar refractivity (Wildman–Crippen MR) is 98.9 cm³/mol. The van der Waals surface area contributed by atoms with E-state index in [9.17, 15) is 9.59 Å². The standard InChI is InChI=1S/C20H16BrNO2/c1-14(23)22-13-17(12-20(22)24)19(11-15-5-3-2-4-6-15)16-7-9-18(21)10-8-16/h2-12H,13H2,1H3/b19-11-. The van der Waals surface area contributed by atoms with E-state index in [0.29, 0.717) is 6.54 Å². The summed E-state index contributed by atoms with van der Waals surface area (Å²) in [6.45, 7) is 1.72. The fourth-order valence-corrected chi connectivity index (χ4v) is 2.92. The van der Waals surface area contributed by atoms with Crippen molar-refractivity contribution in [1.82, 2.24) is 4.90 Å². The highest BCUT2D eigenvalue weighted by atomic mass is 79.9. The molecular formula is C20H16BrNO2. The zero-order valence-electron chi connectivity index (χ0n) is 13.2. The molecule has 0 atom stereocenters. The van der Waals surface area contributed by atoms with Gasteiger partial charge in [-0.3, -0.25) is 14.5 Å². The lowest BCUT2D eigenvalue weighted by Gasteiger charge is -2.14. The number of hydrogen-bond acceptors (Lipinski definition) is 2. The van der Waals surface area contributed by atoms with Crippen LogP contribution in [0.25, 0.3) is 11.6 Å². The first-order valence-corrected chi connectivity index (χ1v) is 8.39. The quantitative estimate of drug-likeness (QED) is 0.743. The van der Waals surface area contributed by atoms with Crippen molar-refractivity contribution in [2.75, 3.05) is 6.54 Å². The van der Waals surface area contributed by atoms with Crippen LogP contribution in [-0.2, 0) is 9.59 Å². The molecule has 0 saturated carbocycles. The number of hydrogen-bond donors (Lipinski definition) is 0. The molecule has 0 aliphatic carbocycles. The molecule has 2 aromatic rings. The molecular weight excluding hydrogens is 366 g/mol. The number of amides is 2. The molecule has 0 fully saturated rings. The van der Waals surface area contributed by atoms with Gasteiger partial charge in [-0.05, 0) is 40.5 Å². The summed E-state index contributed by atoms with van der Waals surface area (Å²) in [5.41, 5.74) is 3.85. The first-order chi connectivity index (χ1) is 11.5. The van der Waals surface area contributed by atoms with Gasteiger partial charge in [0.15, 0.2) is 0 Å². The van der Waals surface area contributed by atoms with Gasteiger partial charge in [0, 0.05) is 17.5 Å². The molecule has 3 nitrogen and oxygen atoms in total. The van der Waals surface area contributed by atoms with Gasteiger partial charge in [-0.15, -0.1) is 0 Å². The Morgan fingerprint density at radius 3 is 2.33 bits per heavy atom. The molecule has 1 aliphatic rings. The maximum Gasteiger partial charge on any atom is 0.253 e. The van der Waals surface area contributed by atoms with Gasteiger partial charge in [0.25, 0.3) is 5.91 Å². The van der Waals surface area contributed by atoms with Crippen LogP contribution in [-0.4, -0.2) is 23.3 Å². The summed E-state index contributed by atoms with van der Waals surface area (Å²) in [5, 5.41) is 0. The van der Waals surface area contributed by atoms with Crippen molar-refractivity contribution >= 4 is 39.4 Å². The van der Waals surface area contributed by atoms with Crippen LogP contribution in [0.15, 0.2) is 70.7 Å². The van der Waals surface area contributed by atoms with Crippen LogP contribution < -0.4 is 0 Å². The SMILES string of the molecule is CC(=O)N1CC(/C(=C\c2ccccc2)c2ccc(Br)cc2)=CC1=O. The lowest BCUT2D eigenvalue weighted by atomic mass is 9.96. The Hall–Kier alpha value is -2.46. The van der Waals surface area contributed by atoms with Crippen molar-refractivity contribution in [3.8, 4) is 0 Å². The molecule has 0 spiro atoms. The third kappa shape index (κ3) is 3.54. The average molecular weight is 382 g/mol. The van der Waals surface area contributed by atoms with Crippen molar-refractivity contribution in [2.24, 2.45) is 0 Å². The first-order valence-electron chi connectivity index (χ1n) is 7.60. The third-order valence-electron chi connectivity index (χ3n) is 3.88. The number of carbonyl (C=O) groups excluding carboxylic acids is 2. The van der Waals surface area contributed by atoms with Crippen LogP contribution >= 0.6 is 15.9 Å². The van der Waals surface area contributed by atoms with Crippen LogP contribution in [0.1, 0.15) is 18.1 Å². The molecule has 0 unspecified atom stereocenters. The average Bonchev–Trinajstić information content (AvgIpc) is 2.96. The molecule has 4 heteroatoms. The predicted octanol–water partition coefficient (Wildman–Crippen LogP) is 4.30. The highest BCUT2D eigenvalue weighted by Crippen LogP contribution is 2.30. The Morgan fingerprint density at radius 1 is 1.08 bits per heavy atom. The Morgan fingerprint density at radius 2 is 1.75 bits per heavy atom. The van der Waals surface area contributed by atoms with Crippen molar-refractivity contribution < 1.29 is 9.59 Å². The number of nitrogens with zero attached hydrogens (tertiary/aromatic N) is 1. The normalized spacial score (nSPS) is 14.8. The van der Waals surface area contributed by atoms with Crippen LogP contribution in [0.5, 0.6) is 0 Å². The minimum Gasteiger partial charge on any atom is -0.275 e. The van der Waals surface area contributed by atoms with Crippen LogP contribution in [0, 0.1) is 0 Å². The lowest BCUT2D eigenvalue weighted by molar-refractivity contribution is -0.138. The van der Waals surface area contributed by atoms with Gasteiger partial charge in [-0.25, -0.2) is 0 Å².